The number of rotatable bonds is 7. The molecular formula is C12H14ClFN2O4. The number of hydrogen-bond donors (Lipinski definition) is 1. The molecule has 0 spiro atoms. The predicted octanol–water partition coefficient (Wildman–Crippen LogP) is 2.11. The molecule has 0 aliphatic rings. The largest absolute Gasteiger partial charge is 0.383 e. The Morgan fingerprint density at radius 1 is 1.60 bits per heavy atom. The molecule has 0 aliphatic carbocycles. The van der Waals surface area contributed by atoms with E-state index in [1.807, 2.05) is 0 Å². The van der Waals surface area contributed by atoms with Crippen LogP contribution in [0.15, 0.2) is 18.2 Å². The van der Waals surface area contributed by atoms with Crippen LogP contribution < -0.4 is 5.32 Å². The second kappa shape index (κ2) is 7.76. The van der Waals surface area contributed by atoms with Gasteiger partial charge in [-0.3, -0.25) is 14.9 Å². The van der Waals surface area contributed by atoms with Crippen LogP contribution in [0.4, 0.5) is 10.1 Å². The van der Waals surface area contributed by atoms with Gasteiger partial charge in [-0.15, -0.1) is 11.6 Å². The van der Waals surface area contributed by atoms with Crippen LogP contribution in [-0.4, -0.2) is 36.5 Å². The van der Waals surface area contributed by atoms with Crippen molar-refractivity contribution in [3.63, 3.8) is 0 Å². The van der Waals surface area contributed by atoms with Crippen molar-refractivity contribution in [3.05, 3.63) is 39.7 Å². The molecular weight excluding hydrogens is 291 g/mol. The zero-order valence-corrected chi connectivity index (χ0v) is 11.5. The van der Waals surface area contributed by atoms with Crippen molar-refractivity contribution in [1.29, 1.82) is 0 Å². The van der Waals surface area contributed by atoms with E-state index >= 15 is 0 Å². The summed E-state index contributed by atoms with van der Waals surface area (Å²) >= 11 is 5.88. The van der Waals surface area contributed by atoms with E-state index in [-0.39, 0.29) is 17.5 Å². The van der Waals surface area contributed by atoms with E-state index in [2.05, 4.69) is 5.32 Å². The molecule has 0 radical (unpaired) electrons. The molecule has 6 nitrogen and oxygen atoms in total. The highest BCUT2D eigenvalue weighted by Crippen LogP contribution is 2.19. The minimum absolute atomic E-state index is 0.186. The fourth-order valence-electron chi connectivity index (χ4n) is 1.55. The topological polar surface area (TPSA) is 81.5 Å². The Morgan fingerprint density at radius 3 is 2.90 bits per heavy atom. The number of ether oxygens (including phenoxy) is 1. The van der Waals surface area contributed by atoms with Crippen molar-refractivity contribution in [2.24, 2.45) is 0 Å². The van der Waals surface area contributed by atoms with Crippen molar-refractivity contribution in [3.8, 4) is 0 Å². The molecule has 110 valence electrons. The Bertz CT molecular complexity index is 498. The summed E-state index contributed by atoms with van der Waals surface area (Å²) in [6.07, 6.45) is 0.454. The number of nitrogens with one attached hydrogen (secondary N) is 1. The van der Waals surface area contributed by atoms with Crippen molar-refractivity contribution in [2.45, 2.75) is 11.8 Å². The SMILES string of the molecule is COCC(Cl)CCNC(=O)c1ccc(F)cc1[N+](=O)[O-]. The van der Waals surface area contributed by atoms with Crippen LogP contribution in [0.1, 0.15) is 16.8 Å². The van der Waals surface area contributed by atoms with Crippen molar-refractivity contribution >= 4 is 23.2 Å². The van der Waals surface area contributed by atoms with Crippen LogP contribution in [0.2, 0.25) is 0 Å². The van der Waals surface area contributed by atoms with E-state index in [0.717, 1.165) is 12.1 Å². The molecule has 0 bridgehead atoms. The van der Waals surface area contributed by atoms with Gasteiger partial charge in [0.2, 0.25) is 0 Å². The Morgan fingerprint density at radius 2 is 2.30 bits per heavy atom. The summed E-state index contributed by atoms with van der Waals surface area (Å²) in [6.45, 7) is 0.582. The summed E-state index contributed by atoms with van der Waals surface area (Å²) in [5.74, 6) is -1.41. The van der Waals surface area contributed by atoms with Gasteiger partial charge in [0.25, 0.3) is 11.6 Å². The molecule has 0 heterocycles. The molecule has 8 heteroatoms. The molecule has 1 aromatic rings. The first-order valence-corrected chi connectivity index (χ1v) is 6.24. The molecule has 1 rings (SSSR count). The van der Waals surface area contributed by atoms with Crippen LogP contribution in [0, 0.1) is 15.9 Å². The van der Waals surface area contributed by atoms with Gasteiger partial charge in [0.05, 0.1) is 23.0 Å². The highest BCUT2D eigenvalue weighted by molar-refractivity contribution is 6.20. The smallest absolute Gasteiger partial charge is 0.285 e. The minimum Gasteiger partial charge on any atom is -0.383 e. The standard InChI is InChI=1S/C12H14ClFN2O4/c1-20-7-8(13)4-5-15-12(17)10-3-2-9(14)6-11(10)16(18)19/h2-3,6,8H,4-5,7H2,1H3,(H,15,17). The van der Waals surface area contributed by atoms with Gasteiger partial charge < -0.3 is 10.1 Å². The van der Waals surface area contributed by atoms with Gasteiger partial charge in [-0.25, -0.2) is 4.39 Å². The van der Waals surface area contributed by atoms with E-state index in [0.29, 0.717) is 19.1 Å². The highest BCUT2D eigenvalue weighted by atomic mass is 35.5. The van der Waals surface area contributed by atoms with Gasteiger partial charge in [-0.2, -0.15) is 0 Å². The van der Waals surface area contributed by atoms with Gasteiger partial charge in [0.15, 0.2) is 0 Å². The Labute approximate surface area is 120 Å². The highest BCUT2D eigenvalue weighted by Gasteiger charge is 2.20. The van der Waals surface area contributed by atoms with E-state index < -0.39 is 22.3 Å². The number of halogens is 2. The number of carbonyl (C=O) groups excluding carboxylic acids is 1. The van der Waals surface area contributed by atoms with E-state index in [9.17, 15) is 19.3 Å². The Hall–Kier alpha value is -1.73. The molecule has 1 unspecified atom stereocenters. The molecule has 20 heavy (non-hydrogen) atoms. The minimum atomic E-state index is -0.798. The molecule has 0 aromatic heterocycles. The summed E-state index contributed by atoms with van der Waals surface area (Å²) in [4.78, 5) is 21.8. The van der Waals surface area contributed by atoms with Gasteiger partial charge in [-0.1, -0.05) is 0 Å². The lowest BCUT2D eigenvalue weighted by Gasteiger charge is -2.09. The quantitative estimate of drug-likeness (QED) is 0.475. The van der Waals surface area contributed by atoms with Crippen LogP contribution in [0.25, 0.3) is 0 Å². The number of alkyl halides is 1. The van der Waals surface area contributed by atoms with Crippen LogP contribution in [0.3, 0.4) is 0 Å². The molecule has 1 amide bonds. The molecule has 0 fully saturated rings. The number of hydrogen-bond acceptors (Lipinski definition) is 4. The maximum absolute atomic E-state index is 12.9. The lowest BCUT2D eigenvalue weighted by Crippen LogP contribution is -2.27. The van der Waals surface area contributed by atoms with Gasteiger partial charge in [-0.05, 0) is 18.6 Å². The number of carbonyl (C=O) groups is 1. The normalized spacial score (nSPS) is 11.9. The number of amides is 1. The lowest BCUT2D eigenvalue weighted by molar-refractivity contribution is -0.385. The molecule has 0 saturated heterocycles. The molecule has 0 saturated carbocycles. The van der Waals surface area contributed by atoms with Crippen LogP contribution in [0.5, 0.6) is 0 Å². The molecule has 1 aromatic carbocycles. The number of nitro benzene ring substituents is 1. The zero-order chi connectivity index (χ0) is 15.1. The zero-order valence-electron chi connectivity index (χ0n) is 10.8. The van der Waals surface area contributed by atoms with Crippen molar-refractivity contribution < 1.29 is 18.8 Å². The third kappa shape index (κ3) is 4.75. The first-order valence-electron chi connectivity index (χ1n) is 5.81. The second-order valence-electron chi connectivity index (χ2n) is 4.02. The monoisotopic (exact) mass is 304 g/mol. The maximum Gasteiger partial charge on any atom is 0.285 e. The molecule has 1 atom stereocenters. The number of nitrogens with zero attached hydrogens (tertiary/aromatic N) is 1. The Kier molecular flexibility index (Phi) is 6.33. The van der Waals surface area contributed by atoms with Crippen LogP contribution >= 0.6 is 11.6 Å². The second-order valence-corrected chi connectivity index (χ2v) is 4.63. The summed E-state index contributed by atoms with van der Waals surface area (Å²) in [5, 5.41) is 13.0. The third-order valence-electron chi connectivity index (χ3n) is 2.49. The first kappa shape index (κ1) is 16.3. The van der Waals surface area contributed by atoms with Gasteiger partial charge >= 0.3 is 0 Å². The summed E-state index contributed by atoms with van der Waals surface area (Å²) in [7, 11) is 1.51. The van der Waals surface area contributed by atoms with Crippen molar-refractivity contribution in [1.82, 2.24) is 5.32 Å². The summed E-state index contributed by atoms with van der Waals surface area (Å²) in [6, 6.07) is 2.79. The van der Waals surface area contributed by atoms with E-state index in [4.69, 9.17) is 16.3 Å². The average molecular weight is 305 g/mol. The predicted molar refractivity (Wildman–Crippen MR) is 71.5 cm³/mol. The third-order valence-corrected chi connectivity index (χ3v) is 2.84. The van der Waals surface area contributed by atoms with Crippen LogP contribution in [-0.2, 0) is 4.74 Å². The van der Waals surface area contributed by atoms with Gasteiger partial charge in [0, 0.05) is 13.7 Å². The summed E-state index contributed by atoms with van der Waals surface area (Å²) in [5.41, 5.74) is -0.754. The number of benzene rings is 1. The molecule has 1 N–H and O–H groups in total. The van der Waals surface area contributed by atoms with E-state index in [1.54, 1.807) is 0 Å². The van der Waals surface area contributed by atoms with Crippen molar-refractivity contribution in [2.75, 3.05) is 20.3 Å². The Balaban J connectivity index is 2.66. The fraction of sp³-hybridized carbons (Fsp3) is 0.417. The average Bonchev–Trinajstić information content (AvgIpc) is 2.38. The van der Waals surface area contributed by atoms with E-state index in [1.165, 1.54) is 7.11 Å². The number of nitro groups is 1. The summed E-state index contributed by atoms with van der Waals surface area (Å²) < 4.78 is 17.8. The maximum atomic E-state index is 12.9. The first-order chi connectivity index (χ1) is 9.45. The lowest BCUT2D eigenvalue weighted by atomic mass is 10.1. The fourth-order valence-corrected chi connectivity index (χ4v) is 1.78. The number of methoxy groups -OCH3 is 1. The van der Waals surface area contributed by atoms with Gasteiger partial charge in [0.1, 0.15) is 11.4 Å². The molecule has 0 aliphatic heterocycles.